The molecule has 1 atom stereocenters. The summed E-state index contributed by atoms with van der Waals surface area (Å²) in [4.78, 5) is 28.3. The SMILES string of the molecule is C=CC(=O)N1CCN(c2nc(OCC34CCCN3CCC4)nc3cc(-c4cccc5ccc(F)c(Cl)c45)c(F)cc23)C[C@@H]1CC#N. The van der Waals surface area contributed by atoms with Crippen LogP contribution in [0.15, 0.2) is 55.1 Å². The maximum atomic E-state index is 16.2. The third kappa shape index (κ3) is 5.21. The number of halogens is 3. The number of ether oxygens (including phenoxy) is 1. The van der Waals surface area contributed by atoms with E-state index in [9.17, 15) is 14.4 Å². The number of nitrogens with zero attached hydrogens (tertiary/aromatic N) is 6. The molecule has 1 amide bonds. The second-order valence-corrected chi connectivity index (χ2v) is 12.7. The minimum absolute atomic E-state index is 0.0369. The van der Waals surface area contributed by atoms with Crippen molar-refractivity contribution in [3.63, 3.8) is 0 Å². The van der Waals surface area contributed by atoms with Crippen molar-refractivity contribution in [3.8, 4) is 23.2 Å². The molecule has 4 aromatic rings. The number of hydrogen-bond acceptors (Lipinski definition) is 7. The second kappa shape index (κ2) is 12.1. The van der Waals surface area contributed by atoms with Gasteiger partial charge in [0.25, 0.3) is 0 Å². The topological polar surface area (TPSA) is 85.6 Å². The second-order valence-electron chi connectivity index (χ2n) is 12.3. The van der Waals surface area contributed by atoms with Crippen LogP contribution < -0.4 is 9.64 Å². The Hall–Kier alpha value is -4.33. The molecular weight excluding hydrogens is 610 g/mol. The third-order valence-corrected chi connectivity index (χ3v) is 10.2. The number of amides is 1. The van der Waals surface area contributed by atoms with Gasteiger partial charge in [-0.25, -0.2) is 8.78 Å². The summed E-state index contributed by atoms with van der Waals surface area (Å²) in [5.41, 5.74) is 1.09. The lowest BCUT2D eigenvalue weighted by Gasteiger charge is -2.41. The Labute approximate surface area is 270 Å². The molecule has 3 aliphatic rings. The molecule has 46 heavy (non-hydrogen) atoms. The van der Waals surface area contributed by atoms with Gasteiger partial charge in [-0.1, -0.05) is 42.4 Å². The van der Waals surface area contributed by atoms with Gasteiger partial charge in [-0.05, 0) is 74.0 Å². The molecular formula is C35H33ClF2N6O2. The van der Waals surface area contributed by atoms with E-state index in [1.807, 2.05) is 4.90 Å². The van der Waals surface area contributed by atoms with Crippen molar-refractivity contribution in [1.29, 1.82) is 5.26 Å². The number of carbonyl (C=O) groups is 1. The smallest absolute Gasteiger partial charge is 0.319 e. The fourth-order valence-electron chi connectivity index (χ4n) is 7.55. The Morgan fingerprint density at radius 1 is 1.09 bits per heavy atom. The van der Waals surface area contributed by atoms with Crippen molar-refractivity contribution in [3.05, 3.63) is 71.8 Å². The lowest BCUT2D eigenvalue weighted by atomic mass is 9.95. The Bertz CT molecular complexity index is 1900. The summed E-state index contributed by atoms with van der Waals surface area (Å²) in [6.45, 7) is 7.23. The van der Waals surface area contributed by atoms with E-state index in [2.05, 4.69) is 17.5 Å². The summed E-state index contributed by atoms with van der Waals surface area (Å²) < 4.78 is 37.1. The van der Waals surface area contributed by atoms with Crippen LogP contribution in [0.25, 0.3) is 32.8 Å². The molecule has 0 unspecified atom stereocenters. The summed E-state index contributed by atoms with van der Waals surface area (Å²) in [6, 6.07) is 13.2. The maximum absolute atomic E-state index is 16.2. The number of fused-ring (bicyclic) bond motifs is 3. The lowest BCUT2D eigenvalue weighted by molar-refractivity contribution is -0.128. The molecule has 3 fully saturated rings. The number of anilines is 1. The van der Waals surface area contributed by atoms with Gasteiger partial charge in [0, 0.05) is 36.0 Å². The van der Waals surface area contributed by atoms with Crippen LogP contribution >= 0.6 is 11.6 Å². The Kier molecular flexibility index (Phi) is 7.99. The van der Waals surface area contributed by atoms with Gasteiger partial charge in [-0.3, -0.25) is 9.69 Å². The van der Waals surface area contributed by atoms with Crippen molar-refractivity contribution >= 4 is 45.0 Å². The van der Waals surface area contributed by atoms with E-state index in [1.165, 1.54) is 18.2 Å². The highest BCUT2D eigenvalue weighted by Gasteiger charge is 2.45. The lowest BCUT2D eigenvalue weighted by Crippen LogP contribution is -2.55. The molecule has 236 valence electrons. The zero-order valence-electron chi connectivity index (χ0n) is 25.3. The van der Waals surface area contributed by atoms with Crippen molar-refractivity contribution in [2.45, 2.75) is 43.7 Å². The van der Waals surface area contributed by atoms with Crippen LogP contribution in [0.1, 0.15) is 32.1 Å². The fourth-order valence-corrected chi connectivity index (χ4v) is 7.83. The van der Waals surface area contributed by atoms with Crippen molar-refractivity contribution in [2.24, 2.45) is 0 Å². The largest absolute Gasteiger partial charge is 0.461 e. The molecule has 0 spiro atoms. The summed E-state index contributed by atoms with van der Waals surface area (Å²) in [5, 5.41) is 11.0. The zero-order valence-corrected chi connectivity index (χ0v) is 26.1. The number of benzene rings is 3. The van der Waals surface area contributed by atoms with Crippen LogP contribution in [0.5, 0.6) is 6.01 Å². The number of rotatable bonds is 7. The van der Waals surface area contributed by atoms with E-state index in [4.69, 9.17) is 26.3 Å². The Morgan fingerprint density at radius 3 is 2.65 bits per heavy atom. The van der Waals surface area contributed by atoms with Crippen molar-refractivity contribution in [1.82, 2.24) is 19.8 Å². The predicted octanol–water partition coefficient (Wildman–Crippen LogP) is 6.51. The first-order valence-electron chi connectivity index (χ1n) is 15.6. The van der Waals surface area contributed by atoms with Gasteiger partial charge < -0.3 is 14.5 Å². The molecule has 7 rings (SSSR count). The van der Waals surface area contributed by atoms with E-state index < -0.39 is 17.7 Å². The molecule has 3 aromatic carbocycles. The highest BCUT2D eigenvalue weighted by Crippen LogP contribution is 2.41. The summed E-state index contributed by atoms with van der Waals surface area (Å²) in [7, 11) is 0. The van der Waals surface area contributed by atoms with E-state index in [1.54, 1.807) is 35.2 Å². The number of aromatic nitrogens is 2. The first-order valence-corrected chi connectivity index (χ1v) is 16.0. The van der Waals surface area contributed by atoms with Gasteiger partial charge in [-0.15, -0.1) is 0 Å². The molecule has 0 saturated carbocycles. The highest BCUT2D eigenvalue weighted by molar-refractivity contribution is 6.37. The average Bonchev–Trinajstić information content (AvgIpc) is 3.65. The standard InChI is InChI=1S/C35H33ClF2N6O2/c1-2-30(45)44-17-16-42(20-23(44)10-13-39)33-26-18-28(38)25(24-7-3-6-22-8-9-27(37)32(36)31(22)24)19-29(26)40-34(41-33)46-21-35-11-4-14-43(35)15-5-12-35/h2-3,6-9,18-19,23H,1,4-5,10-12,14-17,20-21H2/t23-/m0/s1. The number of nitriles is 1. The normalized spacial score (nSPS) is 19.4. The molecule has 1 aromatic heterocycles. The van der Waals surface area contributed by atoms with Crippen LogP contribution in [-0.2, 0) is 4.79 Å². The van der Waals surface area contributed by atoms with Gasteiger partial charge in [0.15, 0.2) is 0 Å². The van der Waals surface area contributed by atoms with E-state index in [0.717, 1.165) is 38.8 Å². The Balaban J connectivity index is 1.34. The molecule has 0 aliphatic carbocycles. The summed E-state index contributed by atoms with van der Waals surface area (Å²) in [5.74, 6) is -0.904. The fraction of sp³-hybridized carbons (Fsp3) is 0.371. The monoisotopic (exact) mass is 642 g/mol. The van der Waals surface area contributed by atoms with Gasteiger partial charge in [0.05, 0.1) is 34.6 Å². The van der Waals surface area contributed by atoms with Crippen molar-refractivity contribution < 1.29 is 18.3 Å². The van der Waals surface area contributed by atoms with Gasteiger partial charge >= 0.3 is 6.01 Å². The molecule has 0 bridgehead atoms. The van der Waals surface area contributed by atoms with Crippen LogP contribution in [0.4, 0.5) is 14.6 Å². The molecule has 3 saturated heterocycles. The first kappa shape index (κ1) is 30.3. The van der Waals surface area contributed by atoms with Crippen LogP contribution in [0.2, 0.25) is 5.02 Å². The number of hydrogen-bond donors (Lipinski definition) is 0. The number of piperazine rings is 1. The molecule has 8 nitrogen and oxygen atoms in total. The molecule has 4 heterocycles. The van der Waals surface area contributed by atoms with Gasteiger partial charge in [-0.2, -0.15) is 15.2 Å². The van der Waals surface area contributed by atoms with E-state index in [0.29, 0.717) is 59.3 Å². The van der Waals surface area contributed by atoms with Gasteiger partial charge in [0.1, 0.15) is 24.1 Å². The van der Waals surface area contributed by atoms with E-state index >= 15 is 4.39 Å². The molecule has 0 N–H and O–H groups in total. The zero-order chi connectivity index (χ0) is 32.0. The summed E-state index contributed by atoms with van der Waals surface area (Å²) >= 11 is 6.42. The minimum Gasteiger partial charge on any atom is -0.461 e. The summed E-state index contributed by atoms with van der Waals surface area (Å²) in [6.07, 6.45) is 5.73. The molecule has 3 aliphatic heterocycles. The van der Waals surface area contributed by atoms with E-state index in [-0.39, 0.29) is 34.5 Å². The number of carbonyl (C=O) groups excluding carboxylic acids is 1. The molecule has 11 heteroatoms. The van der Waals surface area contributed by atoms with Crippen LogP contribution in [0, 0.1) is 23.0 Å². The van der Waals surface area contributed by atoms with Crippen molar-refractivity contribution in [2.75, 3.05) is 44.2 Å². The predicted molar refractivity (Wildman–Crippen MR) is 174 cm³/mol. The molecule has 0 radical (unpaired) electrons. The maximum Gasteiger partial charge on any atom is 0.319 e. The first-order chi connectivity index (χ1) is 22.3. The quantitative estimate of drug-likeness (QED) is 0.213. The average molecular weight is 643 g/mol. The van der Waals surface area contributed by atoms with Crippen LogP contribution in [-0.4, -0.2) is 76.6 Å². The van der Waals surface area contributed by atoms with Gasteiger partial charge in [0.2, 0.25) is 5.91 Å². The van der Waals surface area contributed by atoms with Crippen LogP contribution in [0.3, 0.4) is 0 Å². The third-order valence-electron chi connectivity index (χ3n) is 9.82. The highest BCUT2D eigenvalue weighted by atomic mass is 35.5. The minimum atomic E-state index is -0.587. The Morgan fingerprint density at radius 2 is 1.89 bits per heavy atom.